The lowest BCUT2D eigenvalue weighted by atomic mass is 10.6. The Morgan fingerprint density at radius 1 is 1.50 bits per heavy atom. The van der Waals surface area contributed by atoms with E-state index in [0.717, 1.165) is 0 Å². The van der Waals surface area contributed by atoms with Crippen LogP contribution in [0.5, 0.6) is 0 Å². The van der Waals surface area contributed by atoms with Gasteiger partial charge in [-0.25, -0.2) is 10.1 Å². The van der Waals surface area contributed by atoms with Crippen molar-refractivity contribution in [1.82, 2.24) is 4.67 Å². The van der Waals surface area contributed by atoms with Crippen LogP contribution >= 0.6 is 0 Å². The molecule has 0 aromatic heterocycles. The summed E-state index contributed by atoms with van der Waals surface area (Å²) in [5.74, 6) is 0. The Kier molecular flexibility index (Phi) is 3.70. The summed E-state index contributed by atoms with van der Waals surface area (Å²) in [6.45, 7) is 10.5. The molecule has 0 aromatic carbocycles. The molecule has 0 aliphatic heterocycles. The summed E-state index contributed by atoms with van der Waals surface area (Å²) in [4.78, 5) is 10.6. The van der Waals surface area contributed by atoms with Crippen molar-refractivity contribution >= 4 is 8.24 Å². The molecule has 0 bridgehead atoms. The van der Waals surface area contributed by atoms with Gasteiger partial charge in [-0.2, -0.15) is 4.67 Å². The van der Waals surface area contributed by atoms with Crippen LogP contribution < -0.4 is 0 Å². The molecule has 0 aliphatic carbocycles. The molecule has 0 aliphatic rings. The van der Waals surface area contributed by atoms with Crippen molar-refractivity contribution in [2.75, 3.05) is 6.54 Å². The lowest BCUT2D eigenvalue weighted by Crippen LogP contribution is -2.53. The maximum atomic E-state index is 10.6. The second kappa shape index (κ2) is 3.89. The van der Waals surface area contributed by atoms with Crippen LogP contribution in [0, 0.1) is 10.1 Å². The maximum absolute atomic E-state index is 10.6. The van der Waals surface area contributed by atoms with Gasteiger partial charge in [0, 0.05) is 0 Å². The molecule has 12 heavy (non-hydrogen) atoms. The fraction of sp³-hybridized carbons (Fsp3) is 1.00. The molecule has 0 rings (SSSR count). The Bertz CT molecular complexity index is 171. The predicted molar refractivity (Wildman–Crippen MR) is 52.0 cm³/mol. The molecular weight excluding hydrogens is 172 g/mol. The summed E-state index contributed by atoms with van der Waals surface area (Å²) in [6, 6.07) is 0. The maximum Gasteiger partial charge on any atom is 0.232 e. The number of nitrogens with zero attached hydrogens (tertiary/aromatic N) is 2. The first-order chi connectivity index (χ1) is 5.34. The van der Waals surface area contributed by atoms with Gasteiger partial charge in [-0.3, -0.25) is 0 Å². The van der Waals surface area contributed by atoms with Crippen molar-refractivity contribution in [3.8, 4) is 0 Å². The molecular formula is C7H18N2O2Si. The zero-order valence-electron chi connectivity index (χ0n) is 8.50. The van der Waals surface area contributed by atoms with E-state index in [2.05, 4.69) is 13.8 Å². The Hall–Kier alpha value is -0.583. The van der Waals surface area contributed by atoms with Crippen LogP contribution in [0.4, 0.5) is 0 Å². The SMILES string of the molecule is CCN([N+](=O)[O-])[Si](C)(C)C(C)C. The smallest absolute Gasteiger partial charge is 0.232 e. The third-order valence-corrected chi connectivity index (χ3v) is 7.21. The van der Waals surface area contributed by atoms with Crippen molar-refractivity contribution < 1.29 is 5.03 Å². The van der Waals surface area contributed by atoms with Gasteiger partial charge in [0.2, 0.25) is 8.24 Å². The number of hydrogen-bond donors (Lipinski definition) is 0. The van der Waals surface area contributed by atoms with Gasteiger partial charge in [-0.15, -0.1) is 0 Å². The summed E-state index contributed by atoms with van der Waals surface area (Å²) in [6.07, 6.45) is 0. The van der Waals surface area contributed by atoms with E-state index in [-0.39, 0.29) is 5.03 Å². The molecule has 0 saturated heterocycles. The van der Waals surface area contributed by atoms with Crippen molar-refractivity contribution in [3.05, 3.63) is 10.1 Å². The molecule has 0 spiro atoms. The van der Waals surface area contributed by atoms with E-state index in [9.17, 15) is 10.1 Å². The molecule has 0 fully saturated rings. The average Bonchev–Trinajstić information content (AvgIpc) is 1.86. The van der Waals surface area contributed by atoms with Crippen LogP contribution in [0.3, 0.4) is 0 Å². The second-order valence-corrected chi connectivity index (χ2v) is 8.74. The summed E-state index contributed by atoms with van der Waals surface area (Å²) < 4.78 is 1.41. The standard InChI is InChI=1S/C7H18N2O2Si/c1-6-8(9(10)11)12(4,5)7(2)3/h7H,6H2,1-5H3. The lowest BCUT2D eigenvalue weighted by molar-refractivity contribution is -0.626. The van der Waals surface area contributed by atoms with Gasteiger partial charge in [-0.1, -0.05) is 13.8 Å². The molecule has 0 heterocycles. The van der Waals surface area contributed by atoms with Gasteiger partial charge in [0.15, 0.2) is 5.03 Å². The molecule has 0 N–H and O–H groups in total. The Balaban J connectivity index is 4.59. The minimum Gasteiger partial charge on any atom is -0.235 e. The van der Waals surface area contributed by atoms with Gasteiger partial charge in [0.05, 0.1) is 6.54 Å². The topological polar surface area (TPSA) is 46.4 Å². The number of nitro groups is 1. The number of rotatable bonds is 4. The highest BCUT2D eigenvalue weighted by Crippen LogP contribution is 2.23. The lowest BCUT2D eigenvalue weighted by Gasteiger charge is -2.31. The van der Waals surface area contributed by atoms with Crippen molar-refractivity contribution in [2.24, 2.45) is 0 Å². The quantitative estimate of drug-likeness (QED) is 0.387. The molecule has 5 heteroatoms. The molecule has 0 radical (unpaired) electrons. The van der Waals surface area contributed by atoms with Crippen LogP contribution in [-0.2, 0) is 0 Å². The molecule has 72 valence electrons. The predicted octanol–water partition coefficient (Wildman–Crippen LogP) is 2.12. The Morgan fingerprint density at radius 2 is 1.92 bits per heavy atom. The minimum absolute atomic E-state index is 0.258. The van der Waals surface area contributed by atoms with Crippen molar-refractivity contribution in [2.45, 2.75) is 39.4 Å². The van der Waals surface area contributed by atoms with E-state index in [0.29, 0.717) is 12.1 Å². The van der Waals surface area contributed by atoms with Gasteiger partial charge in [0.25, 0.3) is 0 Å². The highest BCUT2D eigenvalue weighted by molar-refractivity contribution is 6.75. The van der Waals surface area contributed by atoms with Crippen LogP contribution in [0.2, 0.25) is 18.6 Å². The number of hydrazine groups is 1. The largest absolute Gasteiger partial charge is 0.235 e. The fourth-order valence-electron chi connectivity index (χ4n) is 1.03. The van der Waals surface area contributed by atoms with Crippen LogP contribution in [-0.4, -0.2) is 24.5 Å². The van der Waals surface area contributed by atoms with E-state index >= 15 is 0 Å². The molecule has 0 amide bonds. The Morgan fingerprint density at radius 3 is 2.00 bits per heavy atom. The molecule has 0 atom stereocenters. The van der Waals surface area contributed by atoms with Crippen LogP contribution in [0.1, 0.15) is 20.8 Å². The molecule has 0 saturated carbocycles. The van der Waals surface area contributed by atoms with Crippen LogP contribution in [0.15, 0.2) is 0 Å². The zero-order chi connectivity index (χ0) is 9.94. The Labute approximate surface area is 74.8 Å². The monoisotopic (exact) mass is 190 g/mol. The first-order valence-corrected chi connectivity index (χ1v) is 7.28. The fourth-order valence-corrected chi connectivity index (χ4v) is 2.86. The summed E-state index contributed by atoms with van der Waals surface area (Å²) >= 11 is 0. The molecule has 0 aromatic rings. The summed E-state index contributed by atoms with van der Waals surface area (Å²) in [5, 5.41) is 10.4. The molecule has 4 nitrogen and oxygen atoms in total. The van der Waals surface area contributed by atoms with Gasteiger partial charge < -0.3 is 0 Å². The van der Waals surface area contributed by atoms with E-state index < -0.39 is 8.24 Å². The van der Waals surface area contributed by atoms with Gasteiger partial charge in [-0.05, 0) is 25.6 Å². The summed E-state index contributed by atoms with van der Waals surface area (Å²) in [7, 11) is -1.84. The van der Waals surface area contributed by atoms with E-state index in [1.807, 2.05) is 20.0 Å². The van der Waals surface area contributed by atoms with Gasteiger partial charge in [0.1, 0.15) is 0 Å². The van der Waals surface area contributed by atoms with E-state index in [4.69, 9.17) is 0 Å². The zero-order valence-corrected chi connectivity index (χ0v) is 9.50. The second-order valence-electron chi connectivity index (χ2n) is 3.76. The third kappa shape index (κ3) is 2.20. The van der Waals surface area contributed by atoms with Gasteiger partial charge >= 0.3 is 0 Å². The normalized spacial score (nSPS) is 11.8. The first-order valence-electron chi connectivity index (χ1n) is 4.26. The van der Waals surface area contributed by atoms with Crippen molar-refractivity contribution in [3.63, 3.8) is 0 Å². The minimum atomic E-state index is -1.84. The first kappa shape index (κ1) is 11.4. The van der Waals surface area contributed by atoms with E-state index in [1.165, 1.54) is 4.67 Å². The summed E-state index contributed by atoms with van der Waals surface area (Å²) in [5.41, 5.74) is 0.405. The number of hydrogen-bond acceptors (Lipinski definition) is 2. The third-order valence-electron chi connectivity index (χ3n) is 2.57. The van der Waals surface area contributed by atoms with E-state index in [1.54, 1.807) is 0 Å². The highest BCUT2D eigenvalue weighted by Gasteiger charge is 2.39. The van der Waals surface area contributed by atoms with Crippen molar-refractivity contribution in [1.29, 1.82) is 0 Å². The average molecular weight is 190 g/mol. The highest BCUT2D eigenvalue weighted by atomic mass is 28.3. The molecule has 0 unspecified atom stereocenters. The van der Waals surface area contributed by atoms with Crippen LogP contribution in [0.25, 0.3) is 0 Å².